The fourth-order valence-electron chi connectivity index (χ4n) is 3.22. The van der Waals surface area contributed by atoms with Crippen LogP contribution in [0.2, 0.25) is 0 Å². The molecule has 0 spiro atoms. The number of nitriles is 1. The highest BCUT2D eigenvalue weighted by Gasteiger charge is 2.20. The molecule has 1 aliphatic rings. The highest BCUT2D eigenvalue weighted by molar-refractivity contribution is 8.00. The molecule has 0 bridgehead atoms. The van der Waals surface area contributed by atoms with Crippen molar-refractivity contribution in [2.45, 2.75) is 30.6 Å². The van der Waals surface area contributed by atoms with Gasteiger partial charge in [0.25, 0.3) is 5.91 Å². The van der Waals surface area contributed by atoms with Crippen LogP contribution in [-0.2, 0) is 4.79 Å². The molecule has 0 aliphatic carbocycles. The van der Waals surface area contributed by atoms with Gasteiger partial charge in [-0.1, -0.05) is 31.0 Å². The second-order valence-electron chi connectivity index (χ2n) is 6.73. The number of benzene rings is 2. The fraction of sp³-hybridized carbons (Fsp3) is 0.318. The molecule has 0 aromatic heterocycles. The monoisotopic (exact) mass is 393 g/mol. The molecule has 5 nitrogen and oxygen atoms in total. The number of likely N-dealkylation sites (tertiary alicyclic amines) is 1. The number of anilines is 1. The molecule has 3 rings (SSSR count). The van der Waals surface area contributed by atoms with Crippen molar-refractivity contribution in [2.75, 3.05) is 24.2 Å². The van der Waals surface area contributed by atoms with E-state index in [1.807, 2.05) is 29.2 Å². The summed E-state index contributed by atoms with van der Waals surface area (Å²) in [6, 6.07) is 16.3. The Kier molecular flexibility index (Phi) is 7.10. The molecule has 28 heavy (non-hydrogen) atoms. The Labute approximate surface area is 169 Å². The Balaban J connectivity index is 1.63. The lowest BCUT2D eigenvalue weighted by Crippen LogP contribution is -2.32. The third kappa shape index (κ3) is 5.37. The summed E-state index contributed by atoms with van der Waals surface area (Å²) < 4.78 is 0. The molecule has 1 saturated heterocycles. The Bertz CT molecular complexity index is 883. The second kappa shape index (κ2) is 9.95. The zero-order valence-corrected chi connectivity index (χ0v) is 16.5. The van der Waals surface area contributed by atoms with E-state index in [1.165, 1.54) is 24.6 Å². The maximum absolute atomic E-state index is 13.0. The molecule has 0 unspecified atom stereocenters. The molecule has 1 fully saturated rings. The van der Waals surface area contributed by atoms with Crippen LogP contribution in [0.25, 0.3) is 0 Å². The summed E-state index contributed by atoms with van der Waals surface area (Å²) in [6.07, 6.45) is 4.44. The van der Waals surface area contributed by atoms with E-state index >= 15 is 0 Å². The molecule has 6 heteroatoms. The van der Waals surface area contributed by atoms with E-state index in [9.17, 15) is 9.59 Å². The Morgan fingerprint density at radius 2 is 1.79 bits per heavy atom. The van der Waals surface area contributed by atoms with E-state index in [4.69, 9.17) is 5.26 Å². The van der Waals surface area contributed by atoms with E-state index in [1.54, 1.807) is 24.3 Å². The minimum atomic E-state index is -0.169. The maximum atomic E-state index is 13.0. The van der Waals surface area contributed by atoms with Crippen molar-refractivity contribution in [3.05, 3.63) is 59.7 Å². The zero-order valence-electron chi connectivity index (χ0n) is 15.7. The number of thioether (sulfide) groups is 1. The van der Waals surface area contributed by atoms with Crippen LogP contribution in [-0.4, -0.2) is 35.6 Å². The van der Waals surface area contributed by atoms with Crippen molar-refractivity contribution in [3.63, 3.8) is 0 Å². The number of carbonyl (C=O) groups is 2. The normalized spacial score (nSPS) is 14.0. The third-order valence-electron chi connectivity index (χ3n) is 4.64. The highest BCUT2D eigenvalue weighted by Crippen LogP contribution is 2.25. The third-order valence-corrected chi connectivity index (χ3v) is 5.72. The number of hydrogen-bond donors (Lipinski definition) is 1. The van der Waals surface area contributed by atoms with Crippen molar-refractivity contribution in [1.29, 1.82) is 5.26 Å². The minimum absolute atomic E-state index is 0.0483. The van der Waals surface area contributed by atoms with E-state index in [2.05, 4.69) is 11.4 Å². The molecule has 0 saturated carbocycles. The number of nitrogens with one attached hydrogen (secondary N) is 1. The van der Waals surface area contributed by atoms with Gasteiger partial charge in [0.05, 0.1) is 22.9 Å². The molecule has 0 atom stereocenters. The van der Waals surface area contributed by atoms with Crippen molar-refractivity contribution in [3.8, 4) is 6.07 Å². The molecule has 1 heterocycles. The lowest BCUT2D eigenvalue weighted by molar-refractivity contribution is -0.113. The van der Waals surface area contributed by atoms with Crippen molar-refractivity contribution in [2.24, 2.45) is 0 Å². The molecular formula is C22H23N3O2S. The Hall–Kier alpha value is -2.78. The summed E-state index contributed by atoms with van der Waals surface area (Å²) in [7, 11) is 0. The molecular weight excluding hydrogens is 370 g/mol. The molecule has 2 amide bonds. The van der Waals surface area contributed by atoms with Gasteiger partial charge in [-0.3, -0.25) is 9.59 Å². The van der Waals surface area contributed by atoms with Crippen LogP contribution in [0, 0.1) is 11.3 Å². The smallest absolute Gasteiger partial charge is 0.254 e. The fourth-order valence-corrected chi connectivity index (χ4v) is 4.06. The van der Waals surface area contributed by atoms with Crippen LogP contribution >= 0.6 is 11.8 Å². The molecule has 2 aromatic carbocycles. The van der Waals surface area contributed by atoms with Gasteiger partial charge in [-0.25, -0.2) is 0 Å². The Morgan fingerprint density at radius 1 is 1.04 bits per heavy atom. The predicted molar refractivity (Wildman–Crippen MR) is 111 cm³/mol. The van der Waals surface area contributed by atoms with Crippen molar-refractivity contribution in [1.82, 2.24) is 4.90 Å². The second-order valence-corrected chi connectivity index (χ2v) is 7.75. The summed E-state index contributed by atoms with van der Waals surface area (Å²) in [5, 5.41) is 11.8. The predicted octanol–water partition coefficient (Wildman–Crippen LogP) is 4.31. The largest absolute Gasteiger partial charge is 0.339 e. The first kappa shape index (κ1) is 20.0. The molecule has 1 aliphatic heterocycles. The summed E-state index contributed by atoms with van der Waals surface area (Å²) in [5.41, 5.74) is 1.76. The average molecular weight is 394 g/mol. The number of carbonyl (C=O) groups excluding carboxylic acids is 2. The summed E-state index contributed by atoms with van der Waals surface area (Å²) in [4.78, 5) is 28.0. The number of nitrogens with zero attached hydrogens (tertiary/aromatic N) is 2. The lowest BCUT2D eigenvalue weighted by Gasteiger charge is -2.21. The van der Waals surface area contributed by atoms with Crippen LogP contribution in [0.3, 0.4) is 0 Å². The SMILES string of the molecule is N#Cc1cccc(NC(=O)CSc2ccccc2C(=O)N2CCCCCC2)c1. The summed E-state index contributed by atoms with van der Waals surface area (Å²) >= 11 is 1.36. The lowest BCUT2D eigenvalue weighted by atomic mass is 10.2. The first-order valence-corrected chi connectivity index (χ1v) is 10.5. The van der Waals surface area contributed by atoms with Gasteiger partial charge in [-0.05, 0) is 43.2 Å². The van der Waals surface area contributed by atoms with E-state index in [-0.39, 0.29) is 17.6 Å². The van der Waals surface area contributed by atoms with E-state index in [0.29, 0.717) is 16.8 Å². The Morgan fingerprint density at radius 3 is 2.54 bits per heavy atom. The molecule has 0 radical (unpaired) electrons. The molecule has 144 valence electrons. The van der Waals surface area contributed by atoms with Gasteiger partial charge in [0, 0.05) is 23.7 Å². The summed E-state index contributed by atoms with van der Waals surface area (Å²) in [6.45, 7) is 1.60. The zero-order chi connectivity index (χ0) is 19.8. The molecule has 1 N–H and O–H groups in total. The maximum Gasteiger partial charge on any atom is 0.254 e. The van der Waals surface area contributed by atoms with Crippen LogP contribution < -0.4 is 5.32 Å². The average Bonchev–Trinajstić information content (AvgIpc) is 3.01. The quantitative estimate of drug-likeness (QED) is 0.769. The van der Waals surface area contributed by atoms with E-state index in [0.717, 1.165) is 30.8 Å². The highest BCUT2D eigenvalue weighted by atomic mass is 32.2. The van der Waals surface area contributed by atoms with Gasteiger partial charge < -0.3 is 10.2 Å². The van der Waals surface area contributed by atoms with Crippen LogP contribution in [0.4, 0.5) is 5.69 Å². The van der Waals surface area contributed by atoms with Crippen molar-refractivity contribution >= 4 is 29.3 Å². The van der Waals surface area contributed by atoms with Gasteiger partial charge >= 0.3 is 0 Å². The molecule has 2 aromatic rings. The number of hydrogen-bond acceptors (Lipinski definition) is 4. The first-order chi connectivity index (χ1) is 13.7. The number of amides is 2. The minimum Gasteiger partial charge on any atom is -0.339 e. The van der Waals surface area contributed by atoms with Crippen LogP contribution in [0.5, 0.6) is 0 Å². The van der Waals surface area contributed by atoms with Crippen LogP contribution in [0.15, 0.2) is 53.4 Å². The van der Waals surface area contributed by atoms with Gasteiger partial charge in [-0.2, -0.15) is 5.26 Å². The topological polar surface area (TPSA) is 73.2 Å². The summed E-state index contributed by atoms with van der Waals surface area (Å²) in [5.74, 6) is 0.0744. The van der Waals surface area contributed by atoms with Crippen LogP contribution in [0.1, 0.15) is 41.6 Å². The van der Waals surface area contributed by atoms with Gasteiger partial charge in [0.15, 0.2) is 0 Å². The number of rotatable bonds is 5. The first-order valence-electron chi connectivity index (χ1n) is 9.48. The van der Waals surface area contributed by atoms with Crippen molar-refractivity contribution < 1.29 is 9.59 Å². The van der Waals surface area contributed by atoms with Gasteiger partial charge in [0.1, 0.15) is 0 Å². The van der Waals surface area contributed by atoms with Gasteiger partial charge in [-0.15, -0.1) is 11.8 Å². The van der Waals surface area contributed by atoms with Gasteiger partial charge in [0.2, 0.25) is 5.91 Å². The standard InChI is InChI=1S/C22H23N3O2S/c23-15-17-8-7-9-18(14-17)24-21(26)16-28-20-11-4-3-10-19(20)22(27)25-12-5-1-2-6-13-25/h3-4,7-11,14H,1-2,5-6,12-13,16H2,(H,24,26). The van der Waals surface area contributed by atoms with E-state index < -0.39 is 0 Å².